The zero-order chi connectivity index (χ0) is 16.3. The Morgan fingerprint density at radius 3 is 2.14 bits per heavy atom. The minimum atomic E-state index is -0.256. The third-order valence-corrected chi connectivity index (χ3v) is 3.12. The molecule has 1 rings (SSSR count). The Morgan fingerprint density at radius 1 is 1.05 bits per heavy atom. The van der Waals surface area contributed by atoms with E-state index in [2.05, 4.69) is 6.58 Å². The number of hydrogen-bond acceptors (Lipinski definition) is 4. The van der Waals surface area contributed by atoms with E-state index in [1.54, 1.807) is 6.08 Å². The largest absolute Gasteiger partial charge is 0.373 e. The minimum absolute atomic E-state index is 0.0223. The first-order valence-corrected chi connectivity index (χ1v) is 7.73. The van der Waals surface area contributed by atoms with Crippen molar-refractivity contribution in [1.29, 1.82) is 0 Å². The summed E-state index contributed by atoms with van der Waals surface area (Å²) in [7, 11) is 0. The molecule has 1 aliphatic rings. The van der Waals surface area contributed by atoms with Gasteiger partial charge >= 0.3 is 0 Å². The summed E-state index contributed by atoms with van der Waals surface area (Å²) in [6.45, 7) is 19.0. The summed E-state index contributed by atoms with van der Waals surface area (Å²) < 4.78 is 23.9. The maximum absolute atomic E-state index is 6.19. The van der Waals surface area contributed by atoms with Gasteiger partial charge in [-0.05, 0) is 48.5 Å². The lowest BCUT2D eigenvalue weighted by molar-refractivity contribution is -0.142. The Labute approximate surface area is 129 Å². The van der Waals surface area contributed by atoms with Crippen LogP contribution in [0.3, 0.4) is 0 Å². The SMILES string of the molecule is C=CCOC1[C@H](C)O[C@H](COC(C)(C)C)[C@@H]1OC(C)(C)C. The summed E-state index contributed by atoms with van der Waals surface area (Å²) in [4.78, 5) is 0. The molecular formula is C17H32O4. The number of rotatable bonds is 6. The van der Waals surface area contributed by atoms with E-state index in [1.165, 1.54) is 0 Å². The van der Waals surface area contributed by atoms with Gasteiger partial charge in [-0.1, -0.05) is 6.08 Å². The standard InChI is InChI=1S/C17H32O4/c1-9-10-18-14-12(2)20-13(11-19-16(3,4)5)15(14)21-17(6,7)8/h9,12-15H,1,10-11H2,2-8H3/t12-,13+,14?,15-/m0/s1. The lowest BCUT2D eigenvalue weighted by Crippen LogP contribution is -2.44. The van der Waals surface area contributed by atoms with E-state index in [9.17, 15) is 0 Å². The summed E-state index contributed by atoms with van der Waals surface area (Å²) >= 11 is 0. The van der Waals surface area contributed by atoms with Crippen molar-refractivity contribution in [3.63, 3.8) is 0 Å². The first-order valence-electron chi connectivity index (χ1n) is 7.73. The van der Waals surface area contributed by atoms with Crippen molar-refractivity contribution in [3.8, 4) is 0 Å². The van der Waals surface area contributed by atoms with Crippen LogP contribution in [0.25, 0.3) is 0 Å². The summed E-state index contributed by atoms with van der Waals surface area (Å²) in [6, 6.07) is 0. The van der Waals surface area contributed by atoms with Gasteiger partial charge in [0.25, 0.3) is 0 Å². The van der Waals surface area contributed by atoms with Crippen LogP contribution in [0.5, 0.6) is 0 Å². The van der Waals surface area contributed by atoms with Crippen molar-refractivity contribution in [3.05, 3.63) is 12.7 Å². The van der Waals surface area contributed by atoms with E-state index in [-0.39, 0.29) is 35.6 Å². The van der Waals surface area contributed by atoms with Crippen molar-refractivity contribution < 1.29 is 18.9 Å². The average Bonchev–Trinajstić information content (AvgIpc) is 2.58. The molecule has 0 amide bonds. The molecule has 1 aliphatic heterocycles. The fourth-order valence-corrected chi connectivity index (χ4v) is 2.34. The van der Waals surface area contributed by atoms with E-state index in [0.29, 0.717) is 13.2 Å². The molecule has 1 saturated heterocycles. The molecule has 124 valence electrons. The molecule has 0 radical (unpaired) electrons. The summed E-state index contributed by atoms with van der Waals surface area (Å²) in [5.41, 5.74) is -0.452. The molecule has 0 aromatic carbocycles. The second-order valence-corrected chi connectivity index (χ2v) is 7.58. The first kappa shape index (κ1) is 18.6. The van der Waals surface area contributed by atoms with Crippen LogP contribution >= 0.6 is 0 Å². The van der Waals surface area contributed by atoms with Crippen LogP contribution in [0.1, 0.15) is 48.5 Å². The van der Waals surface area contributed by atoms with Crippen LogP contribution in [0, 0.1) is 0 Å². The lowest BCUT2D eigenvalue weighted by Gasteiger charge is -2.32. The number of hydrogen-bond donors (Lipinski definition) is 0. The highest BCUT2D eigenvalue weighted by molar-refractivity contribution is 4.93. The minimum Gasteiger partial charge on any atom is -0.373 e. The van der Waals surface area contributed by atoms with Gasteiger partial charge in [-0.3, -0.25) is 0 Å². The van der Waals surface area contributed by atoms with Gasteiger partial charge < -0.3 is 18.9 Å². The van der Waals surface area contributed by atoms with Gasteiger partial charge in [-0.25, -0.2) is 0 Å². The van der Waals surface area contributed by atoms with E-state index in [4.69, 9.17) is 18.9 Å². The van der Waals surface area contributed by atoms with Gasteiger partial charge in [0, 0.05) is 0 Å². The summed E-state index contributed by atoms with van der Waals surface area (Å²) in [5, 5.41) is 0. The third kappa shape index (κ3) is 6.47. The molecule has 1 fully saturated rings. The van der Waals surface area contributed by atoms with Crippen molar-refractivity contribution in [2.45, 2.75) is 84.1 Å². The smallest absolute Gasteiger partial charge is 0.115 e. The number of ether oxygens (including phenoxy) is 4. The lowest BCUT2D eigenvalue weighted by atomic mass is 10.1. The van der Waals surface area contributed by atoms with E-state index in [0.717, 1.165) is 0 Å². The molecule has 21 heavy (non-hydrogen) atoms. The first-order chi connectivity index (χ1) is 9.53. The Morgan fingerprint density at radius 2 is 1.67 bits per heavy atom. The molecule has 0 aromatic heterocycles. The van der Waals surface area contributed by atoms with Crippen LogP contribution in [-0.2, 0) is 18.9 Å². The van der Waals surface area contributed by atoms with Gasteiger partial charge in [0.2, 0.25) is 0 Å². The van der Waals surface area contributed by atoms with Gasteiger partial charge in [0.15, 0.2) is 0 Å². The van der Waals surface area contributed by atoms with Crippen LogP contribution < -0.4 is 0 Å². The van der Waals surface area contributed by atoms with Crippen molar-refractivity contribution in [2.24, 2.45) is 0 Å². The maximum Gasteiger partial charge on any atom is 0.115 e. The van der Waals surface area contributed by atoms with Crippen LogP contribution in [0.15, 0.2) is 12.7 Å². The molecule has 4 heteroatoms. The van der Waals surface area contributed by atoms with Crippen molar-refractivity contribution >= 4 is 0 Å². The average molecular weight is 300 g/mol. The van der Waals surface area contributed by atoms with Gasteiger partial charge in [0.1, 0.15) is 18.3 Å². The van der Waals surface area contributed by atoms with E-state index in [1.807, 2.05) is 48.5 Å². The third-order valence-electron chi connectivity index (χ3n) is 3.12. The molecule has 0 N–H and O–H groups in total. The van der Waals surface area contributed by atoms with E-state index >= 15 is 0 Å². The maximum atomic E-state index is 6.19. The fourth-order valence-electron chi connectivity index (χ4n) is 2.34. The van der Waals surface area contributed by atoms with Crippen molar-refractivity contribution in [1.82, 2.24) is 0 Å². The highest BCUT2D eigenvalue weighted by Gasteiger charge is 2.46. The van der Waals surface area contributed by atoms with E-state index < -0.39 is 0 Å². The second kappa shape index (κ2) is 7.23. The van der Waals surface area contributed by atoms with Crippen LogP contribution in [0.4, 0.5) is 0 Å². The van der Waals surface area contributed by atoms with Gasteiger partial charge in [0.05, 0.1) is 30.5 Å². The zero-order valence-electron chi connectivity index (χ0n) is 14.6. The molecule has 0 aromatic rings. The molecule has 4 nitrogen and oxygen atoms in total. The molecule has 1 heterocycles. The molecule has 4 atom stereocenters. The monoisotopic (exact) mass is 300 g/mol. The quantitative estimate of drug-likeness (QED) is 0.705. The zero-order valence-corrected chi connectivity index (χ0v) is 14.6. The summed E-state index contributed by atoms with van der Waals surface area (Å²) in [5.74, 6) is 0. The Balaban J connectivity index is 2.77. The molecule has 0 saturated carbocycles. The topological polar surface area (TPSA) is 36.9 Å². The van der Waals surface area contributed by atoms with Gasteiger partial charge in [-0.15, -0.1) is 6.58 Å². The highest BCUT2D eigenvalue weighted by atomic mass is 16.6. The van der Waals surface area contributed by atoms with Crippen LogP contribution in [0.2, 0.25) is 0 Å². The molecule has 0 aliphatic carbocycles. The van der Waals surface area contributed by atoms with Crippen molar-refractivity contribution in [2.75, 3.05) is 13.2 Å². The summed E-state index contributed by atoms with van der Waals surface area (Å²) in [6.07, 6.45) is 1.37. The Hall–Kier alpha value is -0.420. The predicted molar refractivity (Wildman–Crippen MR) is 84.6 cm³/mol. The molecule has 0 spiro atoms. The Kier molecular flexibility index (Phi) is 6.41. The normalized spacial score (nSPS) is 30.6. The highest BCUT2D eigenvalue weighted by Crippen LogP contribution is 2.30. The Bertz CT molecular complexity index is 327. The second-order valence-electron chi connectivity index (χ2n) is 7.58. The molecular weight excluding hydrogens is 268 g/mol. The predicted octanol–water partition coefficient (Wildman–Crippen LogP) is 3.34. The molecule has 0 bridgehead atoms. The van der Waals surface area contributed by atoms with Gasteiger partial charge in [-0.2, -0.15) is 0 Å². The fraction of sp³-hybridized carbons (Fsp3) is 0.882. The van der Waals surface area contributed by atoms with Crippen LogP contribution in [-0.4, -0.2) is 48.8 Å². The molecule has 1 unspecified atom stereocenters.